The van der Waals surface area contributed by atoms with E-state index in [4.69, 9.17) is 37.4 Å². The lowest BCUT2D eigenvalue weighted by Crippen LogP contribution is -2.14. The number of hydrogen-bond donors (Lipinski definition) is 0. The van der Waals surface area contributed by atoms with Gasteiger partial charge in [-0.1, -0.05) is 29.3 Å². The van der Waals surface area contributed by atoms with Gasteiger partial charge in [-0.25, -0.2) is 4.79 Å². The molecule has 0 bridgehead atoms. The highest BCUT2D eigenvalue weighted by molar-refractivity contribution is 6.42. The van der Waals surface area contributed by atoms with Crippen molar-refractivity contribution in [2.24, 2.45) is 0 Å². The standard InChI is InChI=1S/C16H14Cl2O4/c1-20-12-3-5-13(6-4-12)21-10-16(19)22-9-11-2-7-14(17)15(18)8-11/h2-8H,9-10H2,1H3. The third-order valence-corrected chi connectivity index (χ3v) is 3.54. The lowest BCUT2D eigenvalue weighted by molar-refractivity contribution is -0.147. The first-order chi connectivity index (χ1) is 10.6. The Bertz CT molecular complexity index is 641. The van der Waals surface area contributed by atoms with E-state index in [1.807, 2.05) is 0 Å². The summed E-state index contributed by atoms with van der Waals surface area (Å²) in [6, 6.07) is 12.0. The van der Waals surface area contributed by atoms with E-state index in [9.17, 15) is 4.79 Å². The van der Waals surface area contributed by atoms with Crippen LogP contribution in [-0.2, 0) is 16.1 Å². The normalized spacial score (nSPS) is 10.1. The van der Waals surface area contributed by atoms with E-state index >= 15 is 0 Å². The Morgan fingerprint density at radius 1 is 1.00 bits per heavy atom. The zero-order valence-corrected chi connectivity index (χ0v) is 13.4. The molecule has 6 heteroatoms. The minimum Gasteiger partial charge on any atom is -0.497 e. The summed E-state index contributed by atoms with van der Waals surface area (Å²) in [4.78, 5) is 11.6. The van der Waals surface area contributed by atoms with Gasteiger partial charge in [0, 0.05) is 0 Å². The van der Waals surface area contributed by atoms with Crippen LogP contribution < -0.4 is 9.47 Å². The third-order valence-electron chi connectivity index (χ3n) is 2.80. The molecule has 0 unspecified atom stereocenters. The van der Waals surface area contributed by atoms with E-state index in [1.165, 1.54) is 0 Å². The lowest BCUT2D eigenvalue weighted by atomic mass is 10.2. The van der Waals surface area contributed by atoms with Crippen LogP contribution in [0.2, 0.25) is 10.0 Å². The van der Waals surface area contributed by atoms with Gasteiger partial charge in [-0.2, -0.15) is 0 Å². The molecule has 0 amide bonds. The molecule has 2 aromatic rings. The van der Waals surface area contributed by atoms with E-state index in [0.717, 1.165) is 11.3 Å². The Morgan fingerprint density at radius 2 is 1.68 bits per heavy atom. The monoisotopic (exact) mass is 340 g/mol. The van der Waals surface area contributed by atoms with E-state index in [1.54, 1.807) is 49.6 Å². The number of ether oxygens (including phenoxy) is 3. The van der Waals surface area contributed by atoms with E-state index in [0.29, 0.717) is 15.8 Å². The first-order valence-corrected chi connectivity index (χ1v) is 7.20. The number of carbonyl (C=O) groups is 1. The van der Waals surface area contributed by atoms with E-state index in [-0.39, 0.29) is 13.2 Å². The van der Waals surface area contributed by atoms with Gasteiger partial charge in [-0.05, 0) is 42.0 Å². The van der Waals surface area contributed by atoms with Crippen LogP contribution in [0.3, 0.4) is 0 Å². The van der Waals surface area contributed by atoms with Crippen molar-refractivity contribution in [2.75, 3.05) is 13.7 Å². The van der Waals surface area contributed by atoms with Crippen LogP contribution in [0.4, 0.5) is 0 Å². The summed E-state index contributed by atoms with van der Waals surface area (Å²) < 4.78 is 15.5. The van der Waals surface area contributed by atoms with Gasteiger partial charge in [0.25, 0.3) is 0 Å². The van der Waals surface area contributed by atoms with Crippen molar-refractivity contribution in [3.8, 4) is 11.5 Å². The maximum atomic E-state index is 11.6. The van der Waals surface area contributed by atoms with E-state index in [2.05, 4.69) is 0 Å². The molecule has 0 atom stereocenters. The molecule has 0 aromatic heterocycles. The molecule has 0 heterocycles. The number of esters is 1. The number of hydrogen-bond acceptors (Lipinski definition) is 4. The third kappa shape index (κ3) is 4.83. The number of halogens is 2. The molecule has 0 saturated heterocycles. The van der Waals surface area contributed by atoms with Crippen molar-refractivity contribution in [1.29, 1.82) is 0 Å². The molecule has 0 aliphatic heterocycles. The zero-order chi connectivity index (χ0) is 15.9. The number of methoxy groups -OCH3 is 1. The minimum atomic E-state index is -0.470. The molecule has 0 aliphatic carbocycles. The molecule has 0 spiro atoms. The summed E-state index contributed by atoms with van der Waals surface area (Å²) in [7, 11) is 1.58. The van der Waals surface area contributed by atoms with Crippen LogP contribution in [0.15, 0.2) is 42.5 Å². The summed E-state index contributed by atoms with van der Waals surface area (Å²) in [5, 5.41) is 0.879. The Hall–Kier alpha value is -1.91. The van der Waals surface area contributed by atoms with Crippen LogP contribution in [0.5, 0.6) is 11.5 Å². The van der Waals surface area contributed by atoms with Crippen molar-refractivity contribution in [3.05, 3.63) is 58.1 Å². The molecule has 0 aliphatic rings. The van der Waals surface area contributed by atoms with Crippen molar-refractivity contribution in [2.45, 2.75) is 6.61 Å². The van der Waals surface area contributed by atoms with Gasteiger partial charge in [0.15, 0.2) is 6.61 Å². The maximum Gasteiger partial charge on any atom is 0.344 e. The molecule has 22 heavy (non-hydrogen) atoms. The average Bonchev–Trinajstić information content (AvgIpc) is 2.54. The fourth-order valence-corrected chi connectivity index (χ4v) is 1.97. The Labute approximate surface area is 138 Å². The van der Waals surface area contributed by atoms with Crippen LogP contribution in [0, 0.1) is 0 Å². The summed E-state index contributed by atoms with van der Waals surface area (Å²) in [5.74, 6) is 0.809. The van der Waals surface area contributed by atoms with Gasteiger partial charge < -0.3 is 14.2 Å². The van der Waals surface area contributed by atoms with Gasteiger partial charge >= 0.3 is 5.97 Å². The zero-order valence-electron chi connectivity index (χ0n) is 11.8. The van der Waals surface area contributed by atoms with Gasteiger partial charge in [-0.3, -0.25) is 0 Å². The van der Waals surface area contributed by atoms with Gasteiger partial charge in [0.1, 0.15) is 18.1 Å². The summed E-state index contributed by atoms with van der Waals surface area (Å²) in [6.07, 6.45) is 0. The molecular formula is C16H14Cl2O4. The topological polar surface area (TPSA) is 44.8 Å². The van der Waals surface area contributed by atoms with Crippen molar-refractivity contribution in [3.63, 3.8) is 0 Å². The predicted molar refractivity (Wildman–Crippen MR) is 84.7 cm³/mol. The molecule has 0 saturated carbocycles. The van der Waals surface area contributed by atoms with Gasteiger partial charge in [-0.15, -0.1) is 0 Å². The van der Waals surface area contributed by atoms with Crippen molar-refractivity contribution >= 4 is 29.2 Å². The molecule has 0 radical (unpaired) electrons. The van der Waals surface area contributed by atoms with Crippen LogP contribution in [-0.4, -0.2) is 19.7 Å². The summed E-state index contributed by atoms with van der Waals surface area (Å²) >= 11 is 11.7. The van der Waals surface area contributed by atoms with Crippen LogP contribution in [0.25, 0.3) is 0 Å². The van der Waals surface area contributed by atoms with Crippen molar-refractivity contribution in [1.82, 2.24) is 0 Å². The molecule has 0 fully saturated rings. The highest BCUT2D eigenvalue weighted by Crippen LogP contribution is 2.23. The first-order valence-electron chi connectivity index (χ1n) is 6.45. The molecule has 0 N–H and O–H groups in total. The Kier molecular flexibility index (Phi) is 5.92. The molecular weight excluding hydrogens is 327 g/mol. The SMILES string of the molecule is COc1ccc(OCC(=O)OCc2ccc(Cl)c(Cl)c2)cc1. The fourth-order valence-electron chi connectivity index (χ4n) is 1.65. The maximum absolute atomic E-state index is 11.6. The Morgan fingerprint density at radius 3 is 2.32 bits per heavy atom. The summed E-state index contributed by atoms with van der Waals surface area (Å²) in [6.45, 7) is -0.0602. The number of benzene rings is 2. The summed E-state index contributed by atoms with van der Waals surface area (Å²) in [5.41, 5.74) is 0.757. The quantitative estimate of drug-likeness (QED) is 0.742. The van der Waals surface area contributed by atoms with E-state index < -0.39 is 5.97 Å². The second-order valence-electron chi connectivity index (χ2n) is 4.37. The second-order valence-corrected chi connectivity index (χ2v) is 5.19. The Balaban J connectivity index is 1.78. The first kappa shape index (κ1) is 16.5. The highest BCUT2D eigenvalue weighted by atomic mass is 35.5. The largest absolute Gasteiger partial charge is 0.497 e. The van der Waals surface area contributed by atoms with Gasteiger partial charge in [0.2, 0.25) is 0 Å². The second kappa shape index (κ2) is 7.92. The molecule has 4 nitrogen and oxygen atoms in total. The molecule has 116 valence electrons. The van der Waals surface area contributed by atoms with Crippen LogP contribution >= 0.6 is 23.2 Å². The number of rotatable bonds is 6. The highest BCUT2D eigenvalue weighted by Gasteiger charge is 2.06. The smallest absolute Gasteiger partial charge is 0.344 e. The fraction of sp³-hybridized carbons (Fsp3) is 0.188. The number of carbonyl (C=O) groups excluding carboxylic acids is 1. The minimum absolute atomic E-state index is 0.113. The predicted octanol–water partition coefficient (Wildman–Crippen LogP) is 4.12. The average molecular weight is 341 g/mol. The van der Waals surface area contributed by atoms with Gasteiger partial charge in [0.05, 0.1) is 17.2 Å². The molecule has 2 aromatic carbocycles. The lowest BCUT2D eigenvalue weighted by Gasteiger charge is -2.08. The molecule has 2 rings (SSSR count). The van der Waals surface area contributed by atoms with Crippen molar-refractivity contribution < 1.29 is 19.0 Å². The van der Waals surface area contributed by atoms with Crippen LogP contribution in [0.1, 0.15) is 5.56 Å².